The Morgan fingerprint density at radius 1 is 0.939 bits per heavy atom. The van der Waals surface area contributed by atoms with Crippen LogP contribution in [0.3, 0.4) is 0 Å². The lowest BCUT2D eigenvalue weighted by atomic mass is 9.97. The molecule has 1 aliphatic heterocycles. The topological polar surface area (TPSA) is 72.8 Å². The Morgan fingerprint density at radius 2 is 1.55 bits per heavy atom. The molecule has 0 saturated carbocycles. The van der Waals surface area contributed by atoms with Gasteiger partial charge in [0.2, 0.25) is 0 Å². The molecule has 1 heterocycles. The maximum Gasteiger partial charge on any atom is 0.257 e. The summed E-state index contributed by atoms with van der Waals surface area (Å²) >= 11 is 0. The lowest BCUT2D eigenvalue weighted by Gasteiger charge is -2.26. The second kappa shape index (κ2) is 11.0. The Kier molecular flexibility index (Phi) is 8.16. The Bertz CT molecular complexity index is 1000. The van der Waals surface area contributed by atoms with Crippen molar-refractivity contribution in [1.29, 1.82) is 0 Å². The van der Waals surface area contributed by atoms with Crippen molar-refractivity contribution in [2.45, 2.75) is 26.3 Å². The second-order valence-corrected chi connectivity index (χ2v) is 7.64. The van der Waals surface area contributed by atoms with Gasteiger partial charge in [-0.05, 0) is 37.4 Å². The molecule has 0 saturated heterocycles. The molecule has 1 aliphatic rings. The molecule has 178 valence electrons. The molecule has 2 aromatic carbocycles. The van der Waals surface area contributed by atoms with Crippen LogP contribution in [0.1, 0.15) is 37.4 Å². The van der Waals surface area contributed by atoms with Crippen LogP contribution in [-0.4, -0.2) is 69.6 Å². The van der Waals surface area contributed by atoms with Crippen molar-refractivity contribution in [2.75, 3.05) is 48.1 Å². The molecule has 0 unspecified atom stereocenters. The molecule has 0 aliphatic carbocycles. The summed E-state index contributed by atoms with van der Waals surface area (Å²) in [6.45, 7) is 5.95. The maximum atomic E-state index is 13.4. The monoisotopic (exact) mass is 455 g/mol. The van der Waals surface area contributed by atoms with Gasteiger partial charge in [-0.1, -0.05) is 13.8 Å². The zero-order valence-corrected chi connectivity index (χ0v) is 20.3. The second-order valence-electron chi connectivity index (χ2n) is 7.64. The summed E-state index contributed by atoms with van der Waals surface area (Å²) in [6.07, 6.45) is 0.523. The average Bonchev–Trinajstić information content (AvgIpc) is 3.31. The third kappa shape index (κ3) is 5.22. The van der Waals surface area contributed by atoms with Crippen molar-refractivity contribution in [1.82, 2.24) is 9.91 Å². The van der Waals surface area contributed by atoms with Gasteiger partial charge >= 0.3 is 0 Å². The van der Waals surface area contributed by atoms with Crippen LogP contribution in [0.5, 0.6) is 23.0 Å². The number of hydrazone groups is 1. The van der Waals surface area contributed by atoms with Crippen molar-refractivity contribution in [2.24, 2.45) is 5.10 Å². The quantitative estimate of drug-likeness (QED) is 0.544. The van der Waals surface area contributed by atoms with E-state index in [1.165, 1.54) is 0 Å². The number of hydrogen-bond donors (Lipinski definition) is 0. The first kappa shape index (κ1) is 24.4. The molecule has 2 aromatic rings. The fourth-order valence-corrected chi connectivity index (χ4v) is 3.99. The van der Waals surface area contributed by atoms with Crippen LogP contribution in [0.15, 0.2) is 41.5 Å². The Hall–Kier alpha value is -3.26. The normalized spacial score (nSPS) is 15.4. The summed E-state index contributed by atoms with van der Waals surface area (Å²) in [5.41, 5.74) is 2.47. The molecular formula is C25H33N3O5. The molecule has 0 fully saturated rings. The summed E-state index contributed by atoms with van der Waals surface area (Å²) < 4.78 is 21.9. The summed E-state index contributed by atoms with van der Waals surface area (Å²) in [6, 6.07) is 10.9. The van der Waals surface area contributed by atoms with Crippen molar-refractivity contribution in [3.8, 4) is 23.0 Å². The third-order valence-corrected chi connectivity index (χ3v) is 5.94. The molecule has 33 heavy (non-hydrogen) atoms. The van der Waals surface area contributed by atoms with Gasteiger partial charge in [0.15, 0.2) is 0 Å². The Morgan fingerprint density at radius 3 is 2.12 bits per heavy atom. The molecule has 1 atom stereocenters. The number of methoxy groups -OCH3 is 4. The fraction of sp³-hybridized carbons (Fsp3) is 0.440. The molecule has 1 amide bonds. The van der Waals surface area contributed by atoms with E-state index in [1.807, 2.05) is 50.2 Å². The third-order valence-electron chi connectivity index (χ3n) is 5.94. The standard InChI is InChI=1S/C25H33N3O5/c1-7-27(8-2)16-25(29)28-22(20-12-10-18(31-4)14-24(20)33-6)15-21(26-28)19-11-9-17(30-3)13-23(19)32-5/h9-14,22H,7-8,15-16H2,1-6H3/t22-/m1/s1. The zero-order valence-electron chi connectivity index (χ0n) is 20.3. The number of ether oxygens (including phenoxy) is 4. The van der Waals surface area contributed by atoms with Crippen LogP contribution in [0.4, 0.5) is 0 Å². The molecule has 0 radical (unpaired) electrons. The highest BCUT2D eigenvalue weighted by molar-refractivity contribution is 6.05. The summed E-state index contributed by atoms with van der Waals surface area (Å²) in [5, 5.41) is 6.37. The Balaban J connectivity index is 2.04. The molecule has 0 spiro atoms. The largest absolute Gasteiger partial charge is 0.497 e. The maximum absolute atomic E-state index is 13.4. The minimum atomic E-state index is -0.310. The van der Waals surface area contributed by atoms with Gasteiger partial charge in [0.05, 0.1) is 46.7 Å². The Labute approximate surface area is 195 Å². The summed E-state index contributed by atoms with van der Waals surface area (Å²) in [4.78, 5) is 15.4. The van der Waals surface area contributed by atoms with Crippen LogP contribution >= 0.6 is 0 Å². The molecule has 8 nitrogen and oxygen atoms in total. The van der Waals surface area contributed by atoms with E-state index in [-0.39, 0.29) is 11.9 Å². The predicted molar refractivity (Wildman–Crippen MR) is 128 cm³/mol. The molecular weight excluding hydrogens is 422 g/mol. The highest BCUT2D eigenvalue weighted by atomic mass is 16.5. The SMILES string of the molecule is CCN(CC)CC(=O)N1N=C(c2ccc(OC)cc2OC)C[C@@H]1c1ccc(OC)cc1OC. The van der Waals surface area contributed by atoms with Crippen LogP contribution in [0.2, 0.25) is 0 Å². The summed E-state index contributed by atoms with van der Waals surface area (Å²) in [5.74, 6) is 2.61. The number of benzene rings is 2. The number of hydrogen-bond acceptors (Lipinski definition) is 7. The van der Waals surface area contributed by atoms with Gasteiger partial charge in [-0.3, -0.25) is 9.69 Å². The van der Waals surface area contributed by atoms with E-state index in [1.54, 1.807) is 33.4 Å². The lowest BCUT2D eigenvalue weighted by Crippen LogP contribution is -2.38. The van der Waals surface area contributed by atoms with E-state index in [0.717, 1.165) is 29.9 Å². The van der Waals surface area contributed by atoms with Crippen LogP contribution < -0.4 is 18.9 Å². The van der Waals surface area contributed by atoms with Gasteiger partial charge in [0, 0.05) is 29.7 Å². The molecule has 0 N–H and O–H groups in total. The minimum absolute atomic E-state index is 0.0657. The van der Waals surface area contributed by atoms with E-state index < -0.39 is 0 Å². The van der Waals surface area contributed by atoms with Crippen molar-refractivity contribution >= 4 is 11.6 Å². The number of likely N-dealkylation sites (N-methyl/N-ethyl adjacent to an activating group) is 1. The number of carbonyl (C=O) groups is 1. The predicted octanol–water partition coefficient (Wildman–Crippen LogP) is 3.74. The molecule has 0 aromatic heterocycles. The van der Waals surface area contributed by atoms with Crippen molar-refractivity contribution in [3.63, 3.8) is 0 Å². The first-order valence-corrected chi connectivity index (χ1v) is 11.1. The van der Waals surface area contributed by atoms with Gasteiger partial charge in [-0.2, -0.15) is 5.10 Å². The van der Waals surface area contributed by atoms with E-state index in [4.69, 9.17) is 24.0 Å². The number of amides is 1. The number of nitrogens with zero attached hydrogens (tertiary/aromatic N) is 3. The fourth-order valence-electron chi connectivity index (χ4n) is 3.99. The van der Waals surface area contributed by atoms with E-state index in [9.17, 15) is 4.79 Å². The number of rotatable bonds is 10. The first-order chi connectivity index (χ1) is 16.0. The van der Waals surface area contributed by atoms with E-state index >= 15 is 0 Å². The van der Waals surface area contributed by atoms with Crippen molar-refractivity contribution < 1.29 is 23.7 Å². The minimum Gasteiger partial charge on any atom is -0.497 e. The van der Waals surface area contributed by atoms with Crippen LogP contribution in [-0.2, 0) is 4.79 Å². The highest BCUT2D eigenvalue weighted by Gasteiger charge is 2.36. The van der Waals surface area contributed by atoms with Gasteiger partial charge in [-0.25, -0.2) is 5.01 Å². The molecule has 8 heteroatoms. The van der Waals surface area contributed by atoms with Gasteiger partial charge in [0.25, 0.3) is 5.91 Å². The smallest absolute Gasteiger partial charge is 0.257 e. The molecule has 0 bridgehead atoms. The average molecular weight is 456 g/mol. The van der Waals surface area contributed by atoms with E-state index in [0.29, 0.717) is 36.0 Å². The van der Waals surface area contributed by atoms with Gasteiger partial charge < -0.3 is 18.9 Å². The molecule has 3 rings (SSSR count). The van der Waals surface area contributed by atoms with Crippen molar-refractivity contribution in [3.05, 3.63) is 47.5 Å². The first-order valence-electron chi connectivity index (χ1n) is 11.1. The summed E-state index contributed by atoms with van der Waals surface area (Å²) in [7, 11) is 6.45. The van der Waals surface area contributed by atoms with Crippen LogP contribution in [0.25, 0.3) is 0 Å². The number of carbonyl (C=O) groups excluding carboxylic acids is 1. The van der Waals surface area contributed by atoms with Crippen LogP contribution in [0, 0.1) is 0 Å². The zero-order chi connectivity index (χ0) is 24.0. The lowest BCUT2D eigenvalue weighted by molar-refractivity contribution is -0.134. The van der Waals surface area contributed by atoms with E-state index in [2.05, 4.69) is 4.90 Å². The van der Waals surface area contributed by atoms with Gasteiger partial charge in [0.1, 0.15) is 23.0 Å². The van der Waals surface area contributed by atoms with Gasteiger partial charge in [-0.15, -0.1) is 0 Å². The highest BCUT2D eigenvalue weighted by Crippen LogP contribution is 2.40.